The lowest BCUT2D eigenvalue weighted by molar-refractivity contribution is 0.0630. The minimum Gasteiger partial charge on any atom is -0.384 e. The van der Waals surface area contributed by atoms with Gasteiger partial charge in [-0.15, -0.1) is 0 Å². The number of anilines is 1. The SMILES string of the molecule is COCC1CCCN1C(=O)c1ccc(-c2cc(N)ncn2)cc1. The second kappa shape index (κ2) is 6.75. The standard InChI is InChI=1S/C17H20N4O2/c1-23-10-14-3-2-8-21(14)17(22)13-6-4-12(5-7-13)15-9-16(18)20-11-19-15/h4-7,9,11,14H,2-3,8,10H2,1H3,(H2,18,19,20). The molecule has 6 heteroatoms. The van der Waals surface area contributed by atoms with Gasteiger partial charge in [0.05, 0.1) is 18.3 Å². The van der Waals surface area contributed by atoms with Crippen LogP contribution < -0.4 is 5.73 Å². The van der Waals surface area contributed by atoms with Gasteiger partial charge in [-0.05, 0) is 25.0 Å². The molecule has 2 aromatic rings. The van der Waals surface area contributed by atoms with Crippen LogP contribution in [0.15, 0.2) is 36.7 Å². The molecular weight excluding hydrogens is 292 g/mol. The van der Waals surface area contributed by atoms with Gasteiger partial charge in [-0.3, -0.25) is 4.79 Å². The zero-order valence-electron chi connectivity index (χ0n) is 13.1. The summed E-state index contributed by atoms with van der Waals surface area (Å²) >= 11 is 0. The molecule has 0 bridgehead atoms. The lowest BCUT2D eigenvalue weighted by Crippen LogP contribution is -2.38. The zero-order valence-corrected chi connectivity index (χ0v) is 13.1. The highest BCUT2D eigenvalue weighted by atomic mass is 16.5. The van der Waals surface area contributed by atoms with Crippen molar-refractivity contribution < 1.29 is 9.53 Å². The maximum absolute atomic E-state index is 12.7. The molecular formula is C17H20N4O2. The highest BCUT2D eigenvalue weighted by Gasteiger charge is 2.29. The Kier molecular flexibility index (Phi) is 4.52. The summed E-state index contributed by atoms with van der Waals surface area (Å²) in [5, 5.41) is 0. The first-order chi connectivity index (χ1) is 11.2. The fourth-order valence-corrected chi connectivity index (χ4v) is 2.95. The van der Waals surface area contributed by atoms with Crippen LogP contribution >= 0.6 is 0 Å². The Bertz CT molecular complexity index is 687. The fourth-order valence-electron chi connectivity index (χ4n) is 2.95. The molecule has 23 heavy (non-hydrogen) atoms. The van der Waals surface area contributed by atoms with Gasteiger partial charge in [-0.25, -0.2) is 9.97 Å². The van der Waals surface area contributed by atoms with Crippen LogP contribution in [-0.2, 0) is 4.74 Å². The maximum atomic E-state index is 12.7. The molecule has 1 unspecified atom stereocenters. The molecule has 0 spiro atoms. The van der Waals surface area contributed by atoms with Crippen molar-refractivity contribution in [3.05, 3.63) is 42.2 Å². The number of amides is 1. The monoisotopic (exact) mass is 312 g/mol. The summed E-state index contributed by atoms with van der Waals surface area (Å²) < 4.78 is 5.21. The minimum atomic E-state index is 0.0540. The number of benzene rings is 1. The quantitative estimate of drug-likeness (QED) is 0.933. The predicted molar refractivity (Wildman–Crippen MR) is 87.8 cm³/mol. The van der Waals surface area contributed by atoms with Crippen LogP contribution in [0, 0.1) is 0 Å². The van der Waals surface area contributed by atoms with Crippen LogP contribution in [0.25, 0.3) is 11.3 Å². The number of ether oxygens (including phenoxy) is 1. The molecule has 1 aromatic carbocycles. The topological polar surface area (TPSA) is 81.3 Å². The Balaban J connectivity index is 1.78. The van der Waals surface area contributed by atoms with Gasteiger partial charge in [-0.1, -0.05) is 12.1 Å². The molecule has 1 aliphatic heterocycles. The third kappa shape index (κ3) is 3.32. The van der Waals surface area contributed by atoms with Crippen LogP contribution in [0.2, 0.25) is 0 Å². The van der Waals surface area contributed by atoms with Crippen molar-refractivity contribution in [2.45, 2.75) is 18.9 Å². The van der Waals surface area contributed by atoms with Crippen LogP contribution in [0.5, 0.6) is 0 Å². The number of likely N-dealkylation sites (tertiary alicyclic amines) is 1. The summed E-state index contributed by atoms with van der Waals surface area (Å²) in [7, 11) is 1.67. The van der Waals surface area contributed by atoms with E-state index >= 15 is 0 Å². The van der Waals surface area contributed by atoms with Gasteiger partial charge in [-0.2, -0.15) is 0 Å². The van der Waals surface area contributed by atoms with Crippen molar-refractivity contribution in [2.24, 2.45) is 0 Å². The van der Waals surface area contributed by atoms with Gasteiger partial charge >= 0.3 is 0 Å². The van der Waals surface area contributed by atoms with Crippen molar-refractivity contribution in [1.29, 1.82) is 0 Å². The van der Waals surface area contributed by atoms with Gasteiger partial charge in [0, 0.05) is 30.8 Å². The largest absolute Gasteiger partial charge is 0.384 e. The number of nitrogens with two attached hydrogens (primary N) is 1. The normalized spacial score (nSPS) is 17.4. The fraction of sp³-hybridized carbons (Fsp3) is 0.353. The van der Waals surface area contributed by atoms with E-state index in [0.717, 1.165) is 30.6 Å². The summed E-state index contributed by atoms with van der Waals surface area (Å²) in [6.07, 6.45) is 3.46. The molecule has 0 radical (unpaired) electrons. The number of aromatic nitrogens is 2. The molecule has 1 saturated heterocycles. The molecule has 0 aliphatic carbocycles. The van der Waals surface area contributed by atoms with Crippen molar-refractivity contribution >= 4 is 11.7 Å². The van der Waals surface area contributed by atoms with E-state index in [0.29, 0.717) is 18.0 Å². The first-order valence-corrected chi connectivity index (χ1v) is 7.67. The third-order valence-corrected chi connectivity index (χ3v) is 4.11. The van der Waals surface area contributed by atoms with E-state index < -0.39 is 0 Å². The lowest BCUT2D eigenvalue weighted by Gasteiger charge is -2.24. The molecule has 1 aliphatic rings. The molecule has 1 amide bonds. The van der Waals surface area contributed by atoms with Crippen molar-refractivity contribution in [3.63, 3.8) is 0 Å². The van der Waals surface area contributed by atoms with Gasteiger partial charge in [0.25, 0.3) is 5.91 Å². The van der Waals surface area contributed by atoms with E-state index in [9.17, 15) is 4.79 Å². The molecule has 1 atom stereocenters. The van der Waals surface area contributed by atoms with Gasteiger partial charge < -0.3 is 15.4 Å². The van der Waals surface area contributed by atoms with E-state index in [-0.39, 0.29) is 11.9 Å². The number of nitrogen functional groups attached to an aromatic ring is 1. The number of carbonyl (C=O) groups is 1. The Labute approximate surface area is 135 Å². The number of carbonyl (C=O) groups excluding carboxylic acids is 1. The summed E-state index contributed by atoms with van der Waals surface area (Å²) in [5.41, 5.74) is 8.01. The van der Waals surface area contributed by atoms with Crippen molar-refractivity contribution in [3.8, 4) is 11.3 Å². The van der Waals surface area contributed by atoms with Crippen LogP contribution in [0.4, 0.5) is 5.82 Å². The molecule has 120 valence electrons. The maximum Gasteiger partial charge on any atom is 0.254 e. The van der Waals surface area contributed by atoms with Crippen LogP contribution in [0.1, 0.15) is 23.2 Å². The molecule has 2 heterocycles. The summed E-state index contributed by atoms with van der Waals surface area (Å²) in [6, 6.07) is 9.32. The second-order valence-corrected chi connectivity index (χ2v) is 5.66. The summed E-state index contributed by atoms with van der Waals surface area (Å²) in [5.74, 6) is 0.480. The Morgan fingerprint density at radius 1 is 1.35 bits per heavy atom. The number of nitrogens with zero attached hydrogens (tertiary/aromatic N) is 3. The first-order valence-electron chi connectivity index (χ1n) is 7.67. The molecule has 0 saturated carbocycles. The minimum absolute atomic E-state index is 0.0540. The Morgan fingerprint density at radius 2 is 2.13 bits per heavy atom. The molecule has 1 fully saturated rings. The van der Waals surface area contributed by atoms with Crippen molar-refractivity contribution in [1.82, 2.24) is 14.9 Å². The van der Waals surface area contributed by atoms with E-state index in [1.807, 2.05) is 29.2 Å². The van der Waals surface area contributed by atoms with Crippen LogP contribution in [-0.4, -0.2) is 47.1 Å². The average Bonchev–Trinajstić information content (AvgIpc) is 3.03. The molecule has 1 aromatic heterocycles. The average molecular weight is 312 g/mol. The smallest absolute Gasteiger partial charge is 0.254 e. The van der Waals surface area contributed by atoms with Gasteiger partial charge in [0.15, 0.2) is 0 Å². The highest BCUT2D eigenvalue weighted by molar-refractivity contribution is 5.95. The van der Waals surface area contributed by atoms with Crippen molar-refractivity contribution in [2.75, 3.05) is 26.0 Å². The Morgan fingerprint density at radius 3 is 2.83 bits per heavy atom. The van der Waals surface area contributed by atoms with E-state index in [4.69, 9.17) is 10.5 Å². The van der Waals surface area contributed by atoms with E-state index in [1.54, 1.807) is 13.2 Å². The number of hydrogen-bond acceptors (Lipinski definition) is 5. The van der Waals surface area contributed by atoms with E-state index in [1.165, 1.54) is 6.33 Å². The number of hydrogen-bond donors (Lipinski definition) is 1. The number of methoxy groups -OCH3 is 1. The van der Waals surface area contributed by atoms with E-state index in [2.05, 4.69) is 9.97 Å². The predicted octanol–water partition coefficient (Wildman–Crippen LogP) is 1.98. The summed E-state index contributed by atoms with van der Waals surface area (Å²) in [6.45, 7) is 1.38. The zero-order chi connectivity index (χ0) is 16.2. The third-order valence-electron chi connectivity index (χ3n) is 4.11. The highest BCUT2D eigenvalue weighted by Crippen LogP contribution is 2.23. The molecule has 2 N–H and O–H groups in total. The first kappa shape index (κ1) is 15.4. The van der Waals surface area contributed by atoms with Gasteiger partial charge in [0.2, 0.25) is 0 Å². The van der Waals surface area contributed by atoms with Crippen LogP contribution in [0.3, 0.4) is 0 Å². The van der Waals surface area contributed by atoms with Gasteiger partial charge in [0.1, 0.15) is 12.1 Å². The second-order valence-electron chi connectivity index (χ2n) is 5.66. The molecule has 6 nitrogen and oxygen atoms in total. The molecule has 3 rings (SSSR count). The lowest BCUT2D eigenvalue weighted by atomic mass is 10.1. The summed E-state index contributed by atoms with van der Waals surface area (Å²) in [4.78, 5) is 22.6. The Hall–Kier alpha value is -2.47. The number of rotatable bonds is 4.